The number of rotatable bonds is 2. The minimum absolute atomic E-state index is 0.110. The van der Waals surface area contributed by atoms with Crippen LogP contribution in [-0.2, 0) is 9.59 Å². The quantitative estimate of drug-likeness (QED) is 0.621. The third-order valence-electron chi connectivity index (χ3n) is 3.98. The van der Waals surface area contributed by atoms with Gasteiger partial charge in [-0.1, -0.05) is 12.8 Å². The summed E-state index contributed by atoms with van der Waals surface area (Å²) in [5.74, 6) is -1.54. The van der Waals surface area contributed by atoms with Gasteiger partial charge in [0, 0.05) is 19.0 Å². The molecule has 4 N–H and O–H groups in total. The zero-order valence-electron chi connectivity index (χ0n) is 10.3. The van der Waals surface area contributed by atoms with E-state index < -0.39 is 18.1 Å². The number of hydrogen-bond donors (Lipinski definition) is 3. The van der Waals surface area contributed by atoms with Crippen LogP contribution in [0, 0.1) is 5.92 Å². The predicted octanol–water partition coefficient (Wildman–Crippen LogP) is -0.450. The zero-order valence-corrected chi connectivity index (χ0v) is 10.3. The van der Waals surface area contributed by atoms with Crippen LogP contribution in [0.2, 0.25) is 0 Å². The molecule has 1 amide bonds. The molecule has 0 aromatic heterocycles. The van der Waals surface area contributed by atoms with E-state index in [9.17, 15) is 14.7 Å². The van der Waals surface area contributed by atoms with Crippen molar-refractivity contribution in [3.63, 3.8) is 0 Å². The molecule has 2 unspecified atom stereocenters. The first-order valence-corrected chi connectivity index (χ1v) is 6.47. The minimum atomic E-state index is -1.05. The number of amides is 1. The van der Waals surface area contributed by atoms with Crippen molar-refractivity contribution < 1.29 is 19.8 Å². The molecule has 0 bridgehead atoms. The van der Waals surface area contributed by atoms with Gasteiger partial charge in [-0.05, 0) is 12.8 Å². The molecule has 2 aliphatic rings. The molecular formula is C12H20N2O4. The number of carbonyl (C=O) groups excluding carboxylic acids is 1. The number of aliphatic hydroxyl groups excluding tert-OH is 1. The van der Waals surface area contributed by atoms with E-state index in [1.54, 1.807) is 0 Å². The number of likely N-dealkylation sites (tertiary alicyclic amines) is 1. The standard InChI is InChI=1S/C12H20N2O4/c13-9-4-2-1-3-8(9)11(16)14-6-7(15)5-10(14)12(17)18/h7-10,15H,1-6,13H2,(H,17,18)/t7-,8?,9?,10+/m1/s1. The van der Waals surface area contributed by atoms with Crippen LogP contribution in [0.4, 0.5) is 0 Å². The lowest BCUT2D eigenvalue weighted by Gasteiger charge is -2.32. The van der Waals surface area contributed by atoms with Crippen molar-refractivity contribution in [2.45, 2.75) is 50.3 Å². The Morgan fingerprint density at radius 1 is 1.22 bits per heavy atom. The highest BCUT2D eigenvalue weighted by Gasteiger charge is 2.42. The highest BCUT2D eigenvalue weighted by molar-refractivity contribution is 5.86. The number of carbonyl (C=O) groups is 2. The molecule has 1 aliphatic heterocycles. The second-order valence-electron chi connectivity index (χ2n) is 5.29. The molecule has 0 aromatic rings. The summed E-state index contributed by atoms with van der Waals surface area (Å²) in [6, 6.07) is -1.08. The number of nitrogens with two attached hydrogens (primary N) is 1. The molecule has 4 atom stereocenters. The maximum absolute atomic E-state index is 12.3. The maximum Gasteiger partial charge on any atom is 0.326 e. The van der Waals surface area contributed by atoms with Crippen molar-refractivity contribution in [3.05, 3.63) is 0 Å². The number of β-amino-alcohol motifs (C(OH)–C–C–N with tert-alkyl or cyclic N) is 1. The van der Waals surface area contributed by atoms with Gasteiger partial charge in [0.2, 0.25) is 5.91 Å². The van der Waals surface area contributed by atoms with E-state index in [1.807, 2.05) is 0 Å². The first-order chi connectivity index (χ1) is 8.50. The molecule has 2 rings (SSSR count). The minimum Gasteiger partial charge on any atom is -0.480 e. The van der Waals surface area contributed by atoms with Gasteiger partial charge in [0.25, 0.3) is 0 Å². The van der Waals surface area contributed by atoms with Gasteiger partial charge in [0.15, 0.2) is 0 Å². The van der Waals surface area contributed by atoms with Crippen LogP contribution in [0.25, 0.3) is 0 Å². The Labute approximate surface area is 106 Å². The number of aliphatic hydroxyl groups is 1. The topological polar surface area (TPSA) is 104 Å². The lowest BCUT2D eigenvalue weighted by Crippen LogP contribution is -2.49. The molecule has 0 aromatic carbocycles. The summed E-state index contributed by atoms with van der Waals surface area (Å²) >= 11 is 0. The summed E-state index contributed by atoms with van der Waals surface area (Å²) in [6.45, 7) is 0.110. The van der Waals surface area contributed by atoms with Gasteiger partial charge in [-0.25, -0.2) is 4.79 Å². The maximum atomic E-state index is 12.3. The van der Waals surface area contributed by atoms with Crippen molar-refractivity contribution in [1.29, 1.82) is 0 Å². The molecule has 18 heavy (non-hydrogen) atoms. The Balaban J connectivity index is 2.09. The smallest absolute Gasteiger partial charge is 0.326 e. The Morgan fingerprint density at radius 2 is 1.89 bits per heavy atom. The summed E-state index contributed by atoms with van der Waals surface area (Å²) in [5.41, 5.74) is 5.95. The van der Waals surface area contributed by atoms with Crippen molar-refractivity contribution in [1.82, 2.24) is 4.90 Å². The number of nitrogens with zero attached hydrogens (tertiary/aromatic N) is 1. The molecule has 1 aliphatic carbocycles. The highest BCUT2D eigenvalue weighted by Crippen LogP contribution is 2.28. The summed E-state index contributed by atoms with van der Waals surface area (Å²) in [7, 11) is 0. The lowest BCUT2D eigenvalue weighted by atomic mass is 9.84. The molecule has 1 heterocycles. The first-order valence-electron chi connectivity index (χ1n) is 6.47. The summed E-state index contributed by atoms with van der Waals surface area (Å²) in [6.07, 6.45) is 2.88. The van der Waals surface area contributed by atoms with Gasteiger partial charge in [0.1, 0.15) is 6.04 Å². The van der Waals surface area contributed by atoms with E-state index in [0.717, 1.165) is 25.7 Å². The van der Waals surface area contributed by atoms with E-state index in [4.69, 9.17) is 10.8 Å². The van der Waals surface area contributed by atoms with Crippen LogP contribution < -0.4 is 5.73 Å². The predicted molar refractivity (Wildman–Crippen MR) is 63.7 cm³/mol. The number of carboxylic acid groups (broad SMARTS) is 1. The van der Waals surface area contributed by atoms with Crippen LogP contribution in [0.15, 0.2) is 0 Å². The Hall–Kier alpha value is -1.14. The van der Waals surface area contributed by atoms with Crippen LogP contribution in [0.5, 0.6) is 0 Å². The van der Waals surface area contributed by atoms with E-state index in [2.05, 4.69) is 0 Å². The average molecular weight is 256 g/mol. The van der Waals surface area contributed by atoms with Gasteiger partial charge >= 0.3 is 5.97 Å². The van der Waals surface area contributed by atoms with Gasteiger partial charge in [-0.2, -0.15) is 0 Å². The largest absolute Gasteiger partial charge is 0.480 e. The summed E-state index contributed by atoms with van der Waals surface area (Å²) < 4.78 is 0. The van der Waals surface area contributed by atoms with Gasteiger partial charge in [0.05, 0.1) is 12.0 Å². The summed E-state index contributed by atoms with van der Waals surface area (Å²) in [5, 5.41) is 18.6. The van der Waals surface area contributed by atoms with Gasteiger partial charge in [-0.3, -0.25) is 4.79 Å². The van der Waals surface area contributed by atoms with Crippen LogP contribution in [0.3, 0.4) is 0 Å². The van der Waals surface area contributed by atoms with E-state index >= 15 is 0 Å². The summed E-state index contributed by atoms with van der Waals surface area (Å²) in [4.78, 5) is 24.7. The Kier molecular flexibility index (Phi) is 3.87. The first kappa shape index (κ1) is 13.3. The van der Waals surface area contributed by atoms with Crippen LogP contribution in [0.1, 0.15) is 32.1 Å². The molecule has 2 fully saturated rings. The number of hydrogen-bond acceptors (Lipinski definition) is 4. The second-order valence-corrected chi connectivity index (χ2v) is 5.29. The van der Waals surface area contributed by atoms with Crippen LogP contribution >= 0.6 is 0 Å². The van der Waals surface area contributed by atoms with Gasteiger partial charge in [-0.15, -0.1) is 0 Å². The van der Waals surface area contributed by atoms with E-state index in [0.29, 0.717) is 0 Å². The normalized spacial score (nSPS) is 36.7. The fourth-order valence-corrected chi connectivity index (χ4v) is 2.97. The molecular weight excluding hydrogens is 236 g/mol. The fourth-order valence-electron chi connectivity index (χ4n) is 2.97. The Morgan fingerprint density at radius 3 is 2.50 bits per heavy atom. The Bertz CT molecular complexity index is 347. The molecule has 1 saturated carbocycles. The SMILES string of the molecule is NC1CCCCC1C(=O)N1C[C@H](O)C[C@H]1C(=O)O. The molecule has 1 saturated heterocycles. The van der Waals surface area contributed by atoms with Crippen molar-refractivity contribution in [2.75, 3.05) is 6.54 Å². The molecule has 0 spiro atoms. The lowest BCUT2D eigenvalue weighted by molar-refractivity contribution is -0.150. The van der Waals surface area contributed by atoms with Crippen molar-refractivity contribution in [2.24, 2.45) is 11.7 Å². The van der Waals surface area contributed by atoms with E-state index in [-0.39, 0.29) is 30.8 Å². The van der Waals surface area contributed by atoms with Crippen molar-refractivity contribution >= 4 is 11.9 Å². The highest BCUT2D eigenvalue weighted by atomic mass is 16.4. The monoisotopic (exact) mass is 256 g/mol. The van der Waals surface area contributed by atoms with Crippen LogP contribution in [-0.4, -0.2) is 51.7 Å². The van der Waals surface area contributed by atoms with Gasteiger partial charge < -0.3 is 20.8 Å². The zero-order chi connectivity index (χ0) is 13.3. The van der Waals surface area contributed by atoms with Crippen molar-refractivity contribution in [3.8, 4) is 0 Å². The molecule has 6 nitrogen and oxygen atoms in total. The second kappa shape index (κ2) is 5.24. The molecule has 102 valence electrons. The molecule has 0 radical (unpaired) electrons. The third-order valence-corrected chi connectivity index (χ3v) is 3.98. The fraction of sp³-hybridized carbons (Fsp3) is 0.833. The average Bonchev–Trinajstić information content (AvgIpc) is 2.71. The third kappa shape index (κ3) is 2.49. The number of aliphatic carboxylic acids is 1. The van der Waals surface area contributed by atoms with E-state index in [1.165, 1.54) is 4.90 Å². The number of carboxylic acids is 1. The molecule has 6 heteroatoms.